The quantitative estimate of drug-likeness (QED) is 0.527. The van der Waals surface area contributed by atoms with Gasteiger partial charge in [-0.05, 0) is 25.8 Å². The topological polar surface area (TPSA) is 46.5 Å². The van der Waals surface area contributed by atoms with Crippen molar-refractivity contribution >= 4 is 5.97 Å². The summed E-state index contributed by atoms with van der Waals surface area (Å²) in [4.78, 5) is 10.7. The second-order valence-electron chi connectivity index (χ2n) is 3.42. The molecule has 0 aliphatic rings. The zero-order valence-corrected chi connectivity index (χ0v) is 9.19. The first-order valence-electron chi connectivity index (χ1n) is 5.09. The number of aliphatic hydroxyl groups is 1. The number of rotatable bonds is 6. The van der Waals surface area contributed by atoms with Gasteiger partial charge < -0.3 is 9.84 Å². The molecule has 0 aromatic heterocycles. The van der Waals surface area contributed by atoms with E-state index in [0.29, 0.717) is 0 Å². The fraction of sp³-hybridized carbons (Fsp3) is 0.727. The molecule has 0 heterocycles. The number of unbranched alkanes of at least 4 members (excludes halogenated alkanes) is 1. The summed E-state index contributed by atoms with van der Waals surface area (Å²) in [5, 5.41) is 9.03. The van der Waals surface area contributed by atoms with Gasteiger partial charge in [0.25, 0.3) is 0 Å². The lowest BCUT2D eigenvalue weighted by Crippen LogP contribution is -2.14. The van der Waals surface area contributed by atoms with Gasteiger partial charge in [0.2, 0.25) is 0 Å². The van der Waals surface area contributed by atoms with Crippen LogP contribution in [0.1, 0.15) is 40.0 Å². The van der Waals surface area contributed by atoms with Crippen molar-refractivity contribution in [1.82, 2.24) is 0 Å². The normalized spacial score (nSPS) is 15.4. The minimum absolute atomic E-state index is 0.193. The van der Waals surface area contributed by atoms with E-state index in [9.17, 15) is 4.79 Å². The van der Waals surface area contributed by atoms with E-state index in [1.54, 1.807) is 19.1 Å². The molecule has 0 saturated carbocycles. The van der Waals surface area contributed by atoms with E-state index in [0.717, 1.165) is 19.3 Å². The summed E-state index contributed by atoms with van der Waals surface area (Å²) in [6.45, 7) is 5.15. The summed E-state index contributed by atoms with van der Waals surface area (Å²) in [6.07, 6.45) is 5.61. The van der Waals surface area contributed by atoms with Crippen LogP contribution < -0.4 is 0 Å². The third-order valence-electron chi connectivity index (χ3n) is 1.76. The molecular formula is C11H20O3. The third kappa shape index (κ3) is 7.80. The van der Waals surface area contributed by atoms with Gasteiger partial charge in [-0.1, -0.05) is 19.4 Å². The lowest BCUT2D eigenvalue weighted by atomic mass is 10.1. The minimum atomic E-state index is -0.491. The van der Waals surface area contributed by atoms with Crippen LogP contribution in [0.2, 0.25) is 0 Å². The summed E-state index contributed by atoms with van der Waals surface area (Å²) < 4.78 is 5.07. The van der Waals surface area contributed by atoms with E-state index in [1.165, 1.54) is 6.92 Å². The maximum atomic E-state index is 10.7. The number of aliphatic hydroxyl groups excluding tert-OH is 1. The zero-order chi connectivity index (χ0) is 11.0. The molecule has 0 aromatic rings. The molecule has 0 rings (SSSR count). The van der Waals surface area contributed by atoms with Crippen LogP contribution in [0.15, 0.2) is 12.2 Å². The monoisotopic (exact) mass is 200 g/mol. The zero-order valence-electron chi connectivity index (χ0n) is 9.19. The van der Waals surface area contributed by atoms with Crippen molar-refractivity contribution in [2.75, 3.05) is 0 Å². The predicted octanol–water partition coefficient (Wildman–Crippen LogP) is 2.05. The fourth-order valence-electron chi connectivity index (χ4n) is 1.10. The molecule has 3 heteroatoms. The molecule has 0 fully saturated rings. The molecule has 2 atom stereocenters. The molecule has 0 aliphatic carbocycles. The molecule has 14 heavy (non-hydrogen) atoms. The Balaban J connectivity index is 4.02. The van der Waals surface area contributed by atoms with E-state index < -0.39 is 6.10 Å². The van der Waals surface area contributed by atoms with E-state index in [1.807, 2.05) is 0 Å². The molecule has 3 nitrogen and oxygen atoms in total. The standard InChI is InChI=1S/C11H20O3/c1-4-5-6-11(14-10(3)13)8-7-9(2)12/h7-9,11-12H,4-6H2,1-3H3/b8-7-/t9-,11+/m1/s1. The van der Waals surface area contributed by atoms with Crippen molar-refractivity contribution < 1.29 is 14.6 Å². The summed E-state index contributed by atoms with van der Waals surface area (Å²) in [7, 11) is 0. The van der Waals surface area contributed by atoms with Gasteiger partial charge in [0.05, 0.1) is 6.10 Å². The molecule has 1 N–H and O–H groups in total. The number of hydrogen-bond acceptors (Lipinski definition) is 3. The van der Waals surface area contributed by atoms with Crippen LogP contribution in [0.4, 0.5) is 0 Å². The van der Waals surface area contributed by atoms with Crippen LogP contribution in [0.25, 0.3) is 0 Å². The molecule has 0 aliphatic heterocycles. The second-order valence-corrected chi connectivity index (χ2v) is 3.42. The first kappa shape index (κ1) is 13.2. The van der Waals surface area contributed by atoms with Crippen LogP contribution in [-0.2, 0) is 9.53 Å². The van der Waals surface area contributed by atoms with Crippen LogP contribution in [0.3, 0.4) is 0 Å². The van der Waals surface area contributed by atoms with Crippen LogP contribution in [-0.4, -0.2) is 23.3 Å². The Kier molecular flexibility index (Phi) is 7.11. The molecule has 0 bridgehead atoms. The molecule has 0 spiro atoms. The molecule has 0 radical (unpaired) electrons. The fourth-order valence-corrected chi connectivity index (χ4v) is 1.10. The van der Waals surface area contributed by atoms with Crippen LogP contribution in [0, 0.1) is 0 Å². The Hall–Kier alpha value is -0.830. The van der Waals surface area contributed by atoms with Crippen molar-refractivity contribution in [1.29, 1.82) is 0 Å². The number of ether oxygens (including phenoxy) is 1. The molecule has 0 unspecified atom stereocenters. The van der Waals surface area contributed by atoms with Gasteiger partial charge in [-0.15, -0.1) is 0 Å². The molecule has 82 valence electrons. The summed E-state index contributed by atoms with van der Waals surface area (Å²) in [5.41, 5.74) is 0. The van der Waals surface area contributed by atoms with E-state index in [2.05, 4.69) is 6.92 Å². The van der Waals surface area contributed by atoms with Gasteiger partial charge in [0.15, 0.2) is 0 Å². The average molecular weight is 200 g/mol. The average Bonchev–Trinajstić information content (AvgIpc) is 2.09. The van der Waals surface area contributed by atoms with Crippen molar-refractivity contribution in [2.45, 2.75) is 52.2 Å². The summed E-state index contributed by atoms with van der Waals surface area (Å²) in [6, 6.07) is 0. The number of carbonyl (C=O) groups excluding carboxylic acids is 1. The molecule has 0 aromatic carbocycles. The number of hydrogen-bond donors (Lipinski definition) is 1. The maximum Gasteiger partial charge on any atom is 0.303 e. The molecule has 0 amide bonds. The van der Waals surface area contributed by atoms with Crippen molar-refractivity contribution in [3.63, 3.8) is 0 Å². The Labute approximate surface area is 85.8 Å². The number of carbonyl (C=O) groups is 1. The van der Waals surface area contributed by atoms with Gasteiger partial charge in [-0.2, -0.15) is 0 Å². The highest BCUT2D eigenvalue weighted by molar-refractivity contribution is 5.66. The van der Waals surface area contributed by atoms with Crippen molar-refractivity contribution in [3.05, 3.63) is 12.2 Å². The summed E-state index contributed by atoms with van der Waals surface area (Å²) >= 11 is 0. The SMILES string of the molecule is CCCC[C@@H](/C=C\[C@@H](C)O)OC(C)=O. The highest BCUT2D eigenvalue weighted by Crippen LogP contribution is 2.07. The molecule has 0 saturated heterocycles. The third-order valence-corrected chi connectivity index (χ3v) is 1.76. The largest absolute Gasteiger partial charge is 0.458 e. The van der Waals surface area contributed by atoms with Crippen LogP contribution >= 0.6 is 0 Å². The highest BCUT2D eigenvalue weighted by atomic mass is 16.5. The second kappa shape index (κ2) is 7.56. The van der Waals surface area contributed by atoms with Crippen LogP contribution in [0.5, 0.6) is 0 Å². The first-order chi connectivity index (χ1) is 6.56. The lowest BCUT2D eigenvalue weighted by molar-refractivity contribution is -0.144. The smallest absolute Gasteiger partial charge is 0.303 e. The van der Waals surface area contributed by atoms with Gasteiger partial charge >= 0.3 is 5.97 Å². The maximum absolute atomic E-state index is 10.7. The highest BCUT2D eigenvalue weighted by Gasteiger charge is 2.07. The Bertz CT molecular complexity index is 185. The number of esters is 1. The Morgan fingerprint density at radius 1 is 1.50 bits per heavy atom. The van der Waals surface area contributed by atoms with E-state index in [4.69, 9.17) is 9.84 Å². The Morgan fingerprint density at radius 3 is 2.57 bits per heavy atom. The van der Waals surface area contributed by atoms with Gasteiger partial charge in [-0.3, -0.25) is 4.79 Å². The minimum Gasteiger partial charge on any atom is -0.458 e. The lowest BCUT2D eigenvalue weighted by Gasteiger charge is -2.12. The predicted molar refractivity (Wildman–Crippen MR) is 55.9 cm³/mol. The van der Waals surface area contributed by atoms with Crippen molar-refractivity contribution in [3.8, 4) is 0 Å². The van der Waals surface area contributed by atoms with Crippen molar-refractivity contribution in [2.24, 2.45) is 0 Å². The first-order valence-corrected chi connectivity index (χ1v) is 5.09. The molecular weight excluding hydrogens is 180 g/mol. The van der Waals surface area contributed by atoms with E-state index >= 15 is 0 Å². The van der Waals surface area contributed by atoms with E-state index in [-0.39, 0.29) is 12.1 Å². The van der Waals surface area contributed by atoms with Gasteiger partial charge in [0.1, 0.15) is 6.10 Å². The van der Waals surface area contributed by atoms with Gasteiger partial charge in [0, 0.05) is 6.92 Å². The van der Waals surface area contributed by atoms with Gasteiger partial charge in [-0.25, -0.2) is 0 Å². The Morgan fingerprint density at radius 2 is 2.14 bits per heavy atom. The summed E-state index contributed by atoms with van der Waals surface area (Å²) in [5.74, 6) is -0.277.